The molecular formula is C12H24N2. The van der Waals surface area contributed by atoms with Gasteiger partial charge >= 0.3 is 0 Å². The lowest BCUT2D eigenvalue weighted by Crippen LogP contribution is -2.34. The second kappa shape index (κ2) is 3.21. The number of likely N-dealkylation sites (tertiary alicyclic amines) is 1. The predicted octanol–water partition coefficient (Wildman–Crippen LogP) is 1.70. The molecule has 1 saturated carbocycles. The van der Waals surface area contributed by atoms with Gasteiger partial charge in [0.2, 0.25) is 0 Å². The molecule has 82 valence electrons. The summed E-state index contributed by atoms with van der Waals surface area (Å²) in [5, 5.41) is 0. The summed E-state index contributed by atoms with van der Waals surface area (Å²) in [6, 6.07) is 1.13. The second-order valence-electron chi connectivity index (χ2n) is 6.17. The van der Waals surface area contributed by atoms with E-state index in [1.54, 1.807) is 0 Å². The van der Waals surface area contributed by atoms with Crippen molar-refractivity contribution in [3.05, 3.63) is 0 Å². The summed E-state index contributed by atoms with van der Waals surface area (Å²) < 4.78 is 0. The van der Waals surface area contributed by atoms with E-state index in [-0.39, 0.29) is 0 Å². The standard InChI is InChI=1S/C12H24N2/c1-8(2)14-6-9-10(7-14)12(3,4)5-11(9)13/h8-11H,5-7,13H2,1-4H3/t9-,10+,11?/m0/s1. The summed E-state index contributed by atoms with van der Waals surface area (Å²) in [5.41, 5.74) is 6.70. The van der Waals surface area contributed by atoms with Crippen molar-refractivity contribution in [2.45, 2.75) is 46.2 Å². The normalized spacial score (nSPS) is 42.0. The van der Waals surface area contributed by atoms with Gasteiger partial charge in [-0.2, -0.15) is 0 Å². The summed E-state index contributed by atoms with van der Waals surface area (Å²) in [6.45, 7) is 11.9. The Morgan fingerprint density at radius 2 is 1.93 bits per heavy atom. The predicted molar refractivity (Wildman–Crippen MR) is 60.1 cm³/mol. The van der Waals surface area contributed by atoms with Crippen molar-refractivity contribution in [1.82, 2.24) is 4.90 Å². The van der Waals surface area contributed by atoms with E-state index in [1.165, 1.54) is 19.5 Å². The van der Waals surface area contributed by atoms with Gasteiger partial charge in [-0.05, 0) is 37.5 Å². The first-order valence-corrected chi connectivity index (χ1v) is 5.91. The van der Waals surface area contributed by atoms with Gasteiger partial charge in [0.1, 0.15) is 0 Å². The zero-order chi connectivity index (χ0) is 10.5. The zero-order valence-electron chi connectivity index (χ0n) is 9.96. The van der Waals surface area contributed by atoms with Gasteiger partial charge in [-0.1, -0.05) is 13.8 Å². The third kappa shape index (κ3) is 1.49. The Morgan fingerprint density at radius 1 is 1.29 bits per heavy atom. The van der Waals surface area contributed by atoms with Crippen LogP contribution in [0.25, 0.3) is 0 Å². The van der Waals surface area contributed by atoms with Gasteiger partial charge in [-0.3, -0.25) is 0 Å². The van der Waals surface area contributed by atoms with Gasteiger partial charge in [-0.15, -0.1) is 0 Å². The summed E-state index contributed by atoms with van der Waals surface area (Å²) in [5.74, 6) is 1.59. The SMILES string of the molecule is CC(C)N1C[C@@H]2C(N)CC(C)(C)[C@@H]2C1. The van der Waals surface area contributed by atoms with Crippen molar-refractivity contribution in [2.24, 2.45) is 23.0 Å². The van der Waals surface area contributed by atoms with Crippen molar-refractivity contribution in [3.63, 3.8) is 0 Å². The topological polar surface area (TPSA) is 29.3 Å². The largest absolute Gasteiger partial charge is 0.327 e. The van der Waals surface area contributed by atoms with E-state index >= 15 is 0 Å². The van der Waals surface area contributed by atoms with E-state index in [4.69, 9.17) is 5.73 Å². The zero-order valence-corrected chi connectivity index (χ0v) is 9.96. The average Bonchev–Trinajstić information content (AvgIpc) is 2.53. The highest BCUT2D eigenvalue weighted by molar-refractivity contribution is 5.04. The lowest BCUT2D eigenvalue weighted by atomic mass is 9.80. The van der Waals surface area contributed by atoms with Gasteiger partial charge in [-0.25, -0.2) is 0 Å². The molecule has 0 aromatic carbocycles. The average molecular weight is 196 g/mol. The maximum absolute atomic E-state index is 6.23. The fourth-order valence-corrected chi connectivity index (χ4v) is 3.45. The van der Waals surface area contributed by atoms with Crippen molar-refractivity contribution in [2.75, 3.05) is 13.1 Å². The highest BCUT2D eigenvalue weighted by atomic mass is 15.2. The molecule has 2 heteroatoms. The molecule has 0 bridgehead atoms. The Morgan fingerprint density at radius 3 is 2.43 bits per heavy atom. The molecule has 3 atom stereocenters. The number of rotatable bonds is 1. The Kier molecular flexibility index (Phi) is 2.39. The van der Waals surface area contributed by atoms with Crippen molar-refractivity contribution >= 4 is 0 Å². The fraction of sp³-hybridized carbons (Fsp3) is 1.00. The molecule has 0 spiro atoms. The minimum atomic E-state index is 0.443. The number of nitrogens with zero attached hydrogens (tertiary/aromatic N) is 1. The van der Waals surface area contributed by atoms with Crippen LogP contribution < -0.4 is 5.73 Å². The molecular weight excluding hydrogens is 172 g/mol. The van der Waals surface area contributed by atoms with Crippen LogP contribution in [0.2, 0.25) is 0 Å². The van der Waals surface area contributed by atoms with Crippen molar-refractivity contribution < 1.29 is 0 Å². The molecule has 0 aromatic heterocycles. The number of hydrogen-bond acceptors (Lipinski definition) is 2. The van der Waals surface area contributed by atoms with Crippen LogP contribution in [0.5, 0.6) is 0 Å². The molecule has 1 aliphatic carbocycles. The van der Waals surface area contributed by atoms with Crippen LogP contribution >= 0.6 is 0 Å². The molecule has 0 amide bonds. The van der Waals surface area contributed by atoms with Gasteiger partial charge in [0.25, 0.3) is 0 Å². The quantitative estimate of drug-likeness (QED) is 0.691. The van der Waals surface area contributed by atoms with E-state index in [0.717, 1.165) is 11.8 Å². The minimum Gasteiger partial charge on any atom is -0.327 e. The van der Waals surface area contributed by atoms with Crippen molar-refractivity contribution in [3.8, 4) is 0 Å². The first kappa shape index (κ1) is 10.4. The van der Waals surface area contributed by atoms with Crippen molar-refractivity contribution in [1.29, 1.82) is 0 Å². The monoisotopic (exact) mass is 196 g/mol. The second-order valence-corrected chi connectivity index (χ2v) is 6.17. The summed E-state index contributed by atoms with van der Waals surface area (Å²) in [7, 11) is 0. The van der Waals surface area contributed by atoms with Crippen LogP contribution in [0.4, 0.5) is 0 Å². The summed E-state index contributed by atoms with van der Waals surface area (Å²) in [4.78, 5) is 2.59. The molecule has 2 rings (SSSR count). The molecule has 14 heavy (non-hydrogen) atoms. The van der Waals surface area contributed by atoms with Gasteiger partial charge in [0.15, 0.2) is 0 Å². The van der Waals surface area contributed by atoms with E-state index in [2.05, 4.69) is 32.6 Å². The number of nitrogens with two attached hydrogens (primary N) is 1. The molecule has 1 saturated heterocycles. The highest BCUT2D eigenvalue weighted by Crippen LogP contribution is 2.49. The third-order valence-electron chi connectivity index (χ3n) is 4.44. The lowest BCUT2D eigenvalue weighted by molar-refractivity contribution is 0.201. The maximum atomic E-state index is 6.23. The van der Waals surface area contributed by atoms with Gasteiger partial charge in [0, 0.05) is 25.2 Å². The van der Waals surface area contributed by atoms with Gasteiger partial charge in [0.05, 0.1) is 0 Å². The van der Waals surface area contributed by atoms with E-state index < -0.39 is 0 Å². The Bertz CT molecular complexity index is 222. The third-order valence-corrected chi connectivity index (χ3v) is 4.44. The summed E-state index contributed by atoms with van der Waals surface area (Å²) >= 11 is 0. The first-order valence-electron chi connectivity index (χ1n) is 5.91. The van der Waals surface area contributed by atoms with Crippen LogP contribution in [0.15, 0.2) is 0 Å². The maximum Gasteiger partial charge on any atom is 0.00879 e. The molecule has 2 aliphatic rings. The molecule has 1 heterocycles. The van der Waals surface area contributed by atoms with E-state index in [1.807, 2.05) is 0 Å². The number of fused-ring (bicyclic) bond motifs is 1. The van der Waals surface area contributed by atoms with E-state index in [9.17, 15) is 0 Å². The number of hydrogen-bond donors (Lipinski definition) is 1. The van der Waals surface area contributed by atoms with Crippen LogP contribution in [0.3, 0.4) is 0 Å². The van der Waals surface area contributed by atoms with Crippen LogP contribution in [0.1, 0.15) is 34.1 Å². The molecule has 1 aliphatic heterocycles. The lowest BCUT2D eigenvalue weighted by Gasteiger charge is -2.28. The minimum absolute atomic E-state index is 0.443. The van der Waals surface area contributed by atoms with E-state index in [0.29, 0.717) is 17.5 Å². The molecule has 1 unspecified atom stereocenters. The van der Waals surface area contributed by atoms with Gasteiger partial charge < -0.3 is 10.6 Å². The highest BCUT2D eigenvalue weighted by Gasteiger charge is 2.51. The Balaban J connectivity index is 2.12. The molecule has 2 fully saturated rings. The molecule has 0 radical (unpaired) electrons. The Hall–Kier alpha value is -0.0800. The smallest absolute Gasteiger partial charge is 0.00879 e. The molecule has 2 nitrogen and oxygen atoms in total. The Labute approximate surface area is 87.8 Å². The van der Waals surface area contributed by atoms with Crippen LogP contribution in [-0.2, 0) is 0 Å². The molecule has 0 aromatic rings. The van der Waals surface area contributed by atoms with Crippen LogP contribution in [-0.4, -0.2) is 30.1 Å². The fourth-order valence-electron chi connectivity index (χ4n) is 3.45. The first-order chi connectivity index (χ1) is 6.42. The van der Waals surface area contributed by atoms with Crippen LogP contribution in [0, 0.1) is 17.3 Å². The molecule has 2 N–H and O–H groups in total. The summed E-state index contributed by atoms with van der Waals surface area (Å²) in [6.07, 6.45) is 1.22.